The van der Waals surface area contributed by atoms with Gasteiger partial charge in [0.25, 0.3) is 5.92 Å². The number of ether oxygens (including phenoxy) is 1. The van der Waals surface area contributed by atoms with Gasteiger partial charge < -0.3 is 9.64 Å². The monoisotopic (exact) mass is 440 g/mol. The summed E-state index contributed by atoms with van der Waals surface area (Å²) in [6.45, 7) is 4.68. The molecular weight excluding hydrogens is 415 g/mol. The van der Waals surface area contributed by atoms with Gasteiger partial charge in [-0.1, -0.05) is 25.4 Å². The fraction of sp³-hybridized carbons (Fsp3) is 0.700. The normalized spacial score (nSPS) is 23.6. The van der Waals surface area contributed by atoms with Crippen LogP contribution < -0.4 is 4.90 Å². The number of rotatable bonds is 4. The Bertz CT molecular complexity index is 716. The van der Waals surface area contributed by atoms with E-state index >= 15 is 0 Å². The summed E-state index contributed by atoms with van der Waals surface area (Å²) in [6, 6.07) is 1.58. The van der Waals surface area contributed by atoms with Crippen molar-refractivity contribution in [1.29, 1.82) is 0 Å². The minimum Gasteiger partial charge on any atom is -0.377 e. The maximum absolute atomic E-state index is 13.5. The molecule has 29 heavy (non-hydrogen) atoms. The van der Waals surface area contributed by atoms with E-state index in [1.807, 2.05) is 18.7 Å². The number of piperidine rings is 1. The minimum absolute atomic E-state index is 0.0564. The van der Waals surface area contributed by atoms with E-state index in [1.165, 1.54) is 4.90 Å². The molecule has 0 N–H and O–H groups in total. The quantitative estimate of drug-likeness (QED) is 0.578. The van der Waals surface area contributed by atoms with Crippen LogP contribution in [0.2, 0.25) is 5.02 Å². The molecule has 2 fully saturated rings. The molecule has 3 rings (SSSR count). The van der Waals surface area contributed by atoms with Crippen LogP contribution in [0.15, 0.2) is 12.1 Å². The van der Waals surface area contributed by atoms with Crippen LogP contribution in [-0.4, -0.2) is 55.9 Å². The van der Waals surface area contributed by atoms with Gasteiger partial charge in [0, 0.05) is 49.7 Å². The van der Waals surface area contributed by atoms with Crippen LogP contribution in [0.1, 0.15) is 43.7 Å². The molecule has 0 radical (unpaired) electrons. The highest BCUT2D eigenvalue weighted by molar-refractivity contribution is 6.31. The lowest BCUT2D eigenvalue weighted by atomic mass is 9.94. The molecule has 164 valence electrons. The summed E-state index contributed by atoms with van der Waals surface area (Å²) >= 11 is 6.50. The van der Waals surface area contributed by atoms with Crippen molar-refractivity contribution in [2.45, 2.75) is 57.3 Å². The zero-order valence-corrected chi connectivity index (χ0v) is 17.3. The van der Waals surface area contributed by atoms with E-state index in [9.17, 15) is 22.0 Å². The largest absolute Gasteiger partial charge is 0.411 e. The van der Waals surface area contributed by atoms with E-state index in [4.69, 9.17) is 16.3 Å². The van der Waals surface area contributed by atoms with Gasteiger partial charge in [0.2, 0.25) is 0 Å². The minimum atomic E-state index is -4.43. The fourth-order valence-electron chi connectivity index (χ4n) is 4.07. The summed E-state index contributed by atoms with van der Waals surface area (Å²) < 4.78 is 72.5. The molecule has 0 spiro atoms. The van der Waals surface area contributed by atoms with E-state index in [0.717, 1.165) is 11.1 Å². The summed E-state index contributed by atoms with van der Waals surface area (Å²) in [4.78, 5) is 3.20. The smallest absolute Gasteiger partial charge is 0.377 e. The van der Waals surface area contributed by atoms with E-state index in [2.05, 4.69) is 0 Å². The van der Waals surface area contributed by atoms with Crippen LogP contribution in [0.4, 0.5) is 27.6 Å². The SMILES string of the molecule is CC(C)c1c(Cl)cc(N2CCOCC2C(F)(F)F)cc1CN1CCC(F)(F)CC1. The Hall–Kier alpha value is -1.12. The molecule has 0 saturated carbocycles. The summed E-state index contributed by atoms with van der Waals surface area (Å²) in [5, 5.41) is 0.405. The molecule has 1 atom stereocenters. The van der Waals surface area contributed by atoms with Crippen molar-refractivity contribution in [1.82, 2.24) is 4.90 Å². The highest BCUT2D eigenvalue weighted by Crippen LogP contribution is 2.38. The number of likely N-dealkylation sites (tertiary alicyclic amines) is 1. The van der Waals surface area contributed by atoms with Crippen LogP contribution >= 0.6 is 11.6 Å². The van der Waals surface area contributed by atoms with Gasteiger partial charge >= 0.3 is 6.18 Å². The molecule has 1 aromatic carbocycles. The molecule has 0 bridgehead atoms. The average Bonchev–Trinajstić information content (AvgIpc) is 2.62. The van der Waals surface area contributed by atoms with Gasteiger partial charge in [-0.05, 0) is 29.2 Å². The molecule has 1 unspecified atom stereocenters. The summed E-state index contributed by atoms with van der Waals surface area (Å²) in [7, 11) is 0. The molecule has 3 nitrogen and oxygen atoms in total. The topological polar surface area (TPSA) is 15.7 Å². The van der Waals surface area contributed by atoms with E-state index < -0.39 is 24.7 Å². The van der Waals surface area contributed by atoms with Crippen molar-refractivity contribution < 1.29 is 26.7 Å². The number of halogens is 6. The zero-order chi connectivity index (χ0) is 21.4. The molecule has 2 aliphatic rings. The molecule has 0 aliphatic carbocycles. The molecule has 1 aromatic rings. The van der Waals surface area contributed by atoms with Crippen molar-refractivity contribution in [2.75, 3.05) is 37.7 Å². The van der Waals surface area contributed by atoms with Crippen molar-refractivity contribution in [2.24, 2.45) is 0 Å². The van der Waals surface area contributed by atoms with Gasteiger partial charge in [0.1, 0.15) is 6.04 Å². The summed E-state index contributed by atoms with van der Waals surface area (Å²) in [5.41, 5.74) is 2.03. The first-order valence-electron chi connectivity index (χ1n) is 9.81. The highest BCUT2D eigenvalue weighted by atomic mass is 35.5. The number of alkyl halides is 5. The Labute approximate surface area is 172 Å². The zero-order valence-electron chi connectivity index (χ0n) is 16.5. The third-order valence-corrected chi connectivity index (χ3v) is 5.91. The lowest BCUT2D eigenvalue weighted by Gasteiger charge is -2.39. The predicted octanol–water partition coefficient (Wildman–Crippen LogP) is 5.46. The molecule has 2 heterocycles. The molecule has 9 heteroatoms. The van der Waals surface area contributed by atoms with Crippen molar-refractivity contribution in [3.8, 4) is 0 Å². The van der Waals surface area contributed by atoms with Crippen LogP contribution in [-0.2, 0) is 11.3 Å². The number of hydrogen-bond donors (Lipinski definition) is 0. The van der Waals surface area contributed by atoms with Gasteiger partial charge in [-0.25, -0.2) is 8.78 Å². The van der Waals surface area contributed by atoms with E-state index in [1.54, 1.807) is 12.1 Å². The second-order valence-electron chi connectivity index (χ2n) is 8.11. The van der Waals surface area contributed by atoms with Gasteiger partial charge in [-0.2, -0.15) is 13.2 Å². The van der Waals surface area contributed by atoms with Crippen molar-refractivity contribution in [3.63, 3.8) is 0 Å². The highest BCUT2D eigenvalue weighted by Gasteiger charge is 2.45. The van der Waals surface area contributed by atoms with Crippen LogP contribution in [0, 0.1) is 0 Å². The second kappa shape index (κ2) is 8.55. The summed E-state index contributed by atoms with van der Waals surface area (Å²) in [6.07, 6.45) is -4.85. The van der Waals surface area contributed by atoms with Gasteiger partial charge in [-0.15, -0.1) is 0 Å². The molecule has 0 aromatic heterocycles. The maximum Gasteiger partial charge on any atom is 0.411 e. The van der Waals surface area contributed by atoms with Crippen LogP contribution in [0.3, 0.4) is 0 Å². The number of benzene rings is 1. The van der Waals surface area contributed by atoms with Gasteiger partial charge in [0.05, 0.1) is 13.2 Å². The Morgan fingerprint density at radius 1 is 1.17 bits per heavy atom. The van der Waals surface area contributed by atoms with Crippen molar-refractivity contribution in [3.05, 3.63) is 28.3 Å². The lowest BCUT2D eigenvalue weighted by molar-refractivity contribution is -0.167. The Kier molecular flexibility index (Phi) is 6.65. The maximum atomic E-state index is 13.5. The van der Waals surface area contributed by atoms with Crippen molar-refractivity contribution >= 4 is 17.3 Å². The fourth-order valence-corrected chi connectivity index (χ4v) is 4.52. The van der Waals surface area contributed by atoms with Gasteiger partial charge in [-0.3, -0.25) is 4.90 Å². The van der Waals surface area contributed by atoms with E-state index in [0.29, 0.717) is 17.3 Å². The standard InChI is InChI=1S/C20H26ClF5N2O/c1-13(2)18-14(11-27-5-3-19(22,23)4-6-27)9-15(10-16(18)21)28-7-8-29-12-17(28)20(24,25)26/h9-10,13,17H,3-8,11-12H2,1-2H3. The Morgan fingerprint density at radius 2 is 1.83 bits per heavy atom. The molecular formula is C20H26ClF5N2O. The lowest BCUT2D eigenvalue weighted by Crippen LogP contribution is -2.53. The first-order valence-corrected chi connectivity index (χ1v) is 10.2. The third-order valence-electron chi connectivity index (χ3n) is 5.60. The van der Waals surface area contributed by atoms with Gasteiger partial charge in [0.15, 0.2) is 0 Å². The Morgan fingerprint density at radius 3 is 2.41 bits per heavy atom. The third kappa shape index (κ3) is 5.33. The first-order chi connectivity index (χ1) is 13.5. The Balaban J connectivity index is 1.92. The van der Waals surface area contributed by atoms with Crippen LogP contribution in [0.25, 0.3) is 0 Å². The first kappa shape index (κ1) is 22.6. The molecule has 2 saturated heterocycles. The number of anilines is 1. The van der Waals surface area contributed by atoms with Crippen LogP contribution in [0.5, 0.6) is 0 Å². The average molecular weight is 441 g/mol. The summed E-state index contributed by atoms with van der Waals surface area (Å²) in [5.74, 6) is -2.59. The number of hydrogen-bond acceptors (Lipinski definition) is 3. The molecule has 2 aliphatic heterocycles. The van der Waals surface area contributed by atoms with E-state index in [-0.39, 0.29) is 45.0 Å². The number of morpholine rings is 1. The number of nitrogens with zero attached hydrogens (tertiary/aromatic N) is 2. The molecule has 0 amide bonds. The predicted molar refractivity (Wildman–Crippen MR) is 103 cm³/mol. The second-order valence-corrected chi connectivity index (χ2v) is 8.52.